The predicted molar refractivity (Wildman–Crippen MR) is 194 cm³/mol. The summed E-state index contributed by atoms with van der Waals surface area (Å²) in [6.45, 7) is 0. The normalized spacial score (nSPS) is 13.5. The van der Waals surface area contributed by atoms with Crippen molar-refractivity contribution in [3.63, 3.8) is 0 Å². The lowest BCUT2D eigenvalue weighted by atomic mass is 9.74. The van der Waals surface area contributed by atoms with Crippen molar-refractivity contribution >= 4 is 28.7 Å². The molecule has 6 heteroatoms. The van der Waals surface area contributed by atoms with E-state index in [0.29, 0.717) is 17.1 Å². The molecule has 0 aromatic heterocycles. The fourth-order valence-electron chi connectivity index (χ4n) is 7.00. The molecule has 6 aromatic carbocycles. The highest BCUT2D eigenvalue weighted by molar-refractivity contribution is 6.10. The van der Waals surface area contributed by atoms with E-state index in [-0.39, 0.29) is 5.97 Å². The fourth-order valence-corrected chi connectivity index (χ4v) is 7.00. The molecule has 1 N–H and O–H groups in total. The molecule has 0 amide bonds. The molecule has 48 heavy (non-hydrogen) atoms. The second-order valence-electron chi connectivity index (χ2n) is 12.6. The van der Waals surface area contributed by atoms with Gasteiger partial charge in [0.05, 0.1) is 5.56 Å². The number of hydrogen-bond donors (Lipinski definition) is 1. The van der Waals surface area contributed by atoms with Crippen LogP contribution in [0.15, 0.2) is 133 Å². The molecule has 0 fully saturated rings. The molecule has 8 rings (SSSR count). The van der Waals surface area contributed by atoms with E-state index in [0.717, 1.165) is 61.7 Å². The molecule has 6 aromatic rings. The number of benzene rings is 6. The summed E-state index contributed by atoms with van der Waals surface area (Å²) >= 11 is 0. The quantitative estimate of drug-likeness (QED) is 0.185. The zero-order valence-corrected chi connectivity index (χ0v) is 27.3. The maximum atomic E-state index is 14.8. The van der Waals surface area contributed by atoms with Crippen LogP contribution in [0.3, 0.4) is 0 Å². The Labute approximate surface area is 280 Å². The van der Waals surface area contributed by atoms with Crippen molar-refractivity contribution in [2.45, 2.75) is 5.60 Å². The smallest absolute Gasteiger partial charge is 0.340 e. The number of rotatable bonds is 6. The highest BCUT2D eigenvalue weighted by Gasteiger charge is 2.56. The molecule has 0 saturated carbocycles. The summed E-state index contributed by atoms with van der Waals surface area (Å²) in [5.41, 5.74) is 9.14. The van der Waals surface area contributed by atoms with Crippen LogP contribution in [0.2, 0.25) is 0 Å². The van der Waals surface area contributed by atoms with Crippen LogP contribution in [0.4, 0.5) is 22.7 Å². The van der Waals surface area contributed by atoms with E-state index in [4.69, 9.17) is 9.47 Å². The molecular weight excluding hydrogens is 594 g/mol. The number of ether oxygens (including phenoxy) is 2. The molecule has 0 saturated heterocycles. The van der Waals surface area contributed by atoms with Crippen LogP contribution in [-0.4, -0.2) is 34.2 Å². The first-order chi connectivity index (χ1) is 23.3. The predicted octanol–water partition coefficient (Wildman–Crippen LogP) is 9.46. The fraction of sp³-hybridized carbons (Fsp3) is 0.119. The number of carbonyl (C=O) groups excluding carboxylic acids is 1. The van der Waals surface area contributed by atoms with E-state index in [9.17, 15) is 4.79 Å². The zero-order chi connectivity index (χ0) is 33.0. The third-order valence-electron chi connectivity index (χ3n) is 9.30. The Morgan fingerprint density at radius 1 is 0.583 bits per heavy atom. The number of nitrogens with one attached hydrogen (secondary N) is 1. The summed E-state index contributed by atoms with van der Waals surface area (Å²) in [6.07, 6.45) is 0. The minimum absolute atomic E-state index is 0.383. The molecule has 0 radical (unpaired) electrons. The van der Waals surface area contributed by atoms with Crippen molar-refractivity contribution in [3.05, 3.63) is 156 Å². The van der Waals surface area contributed by atoms with Gasteiger partial charge in [0.25, 0.3) is 0 Å². The van der Waals surface area contributed by atoms with Gasteiger partial charge in [-0.2, -0.15) is 0 Å². The molecule has 1 spiro atoms. The van der Waals surface area contributed by atoms with Gasteiger partial charge in [0.2, 0.25) is 0 Å². The molecule has 2 heterocycles. The van der Waals surface area contributed by atoms with E-state index >= 15 is 0 Å². The Kier molecular flexibility index (Phi) is 6.95. The standard InChI is InChI=1S/C42H35N3O3/c1-44(2)30-22-18-27(19-23-30)32-26-35(43-29-12-6-5-7-13-29)40-39(38(32)28-20-24-31(25-21-28)45(3)4)41(46)48-42(40)33-14-8-10-16-36(33)47-37-17-11-9-15-34(37)42/h5-26,43H,1-4H3. The summed E-state index contributed by atoms with van der Waals surface area (Å²) in [4.78, 5) is 18.9. The maximum absolute atomic E-state index is 14.8. The molecule has 0 atom stereocenters. The second kappa shape index (κ2) is 11.4. The first kappa shape index (κ1) is 29.4. The minimum atomic E-state index is -1.25. The highest BCUT2D eigenvalue weighted by atomic mass is 16.6. The van der Waals surface area contributed by atoms with Crippen molar-refractivity contribution in [1.29, 1.82) is 0 Å². The van der Waals surface area contributed by atoms with E-state index < -0.39 is 5.60 Å². The lowest BCUT2D eigenvalue weighted by Gasteiger charge is -2.37. The number of nitrogens with zero attached hydrogens (tertiary/aromatic N) is 2. The monoisotopic (exact) mass is 629 g/mol. The first-order valence-electron chi connectivity index (χ1n) is 16.0. The lowest BCUT2D eigenvalue weighted by Crippen LogP contribution is -2.33. The van der Waals surface area contributed by atoms with Gasteiger partial charge in [0.1, 0.15) is 11.5 Å². The summed E-state index contributed by atoms with van der Waals surface area (Å²) < 4.78 is 13.2. The molecule has 0 aliphatic carbocycles. The Morgan fingerprint density at radius 3 is 1.67 bits per heavy atom. The van der Waals surface area contributed by atoms with Gasteiger partial charge < -0.3 is 24.6 Å². The van der Waals surface area contributed by atoms with Crippen molar-refractivity contribution in [2.24, 2.45) is 0 Å². The topological polar surface area (TPSA) is 54.0 Å². The number of carbonyl (C=O) groups is 1. The molecule has 0 unspecified atom stereocenters. The molecular formula is C42H35N3O3. The summed E-state index contributed by atoms with van der Waals surface area (Å²) in [5, 5.41) is 3.71. The van der Waals surface area contributed by atoms with Gasteiger partial charge in [0.15, 0.2) is 5.60 Å². The van der Waals surface area contributed by atoms with E-state index in [1.165, 1.54) is 0 Å². The van der Waals surface area contributed by atoms with Gasteiger partial charge in [0, 0.05) is 73.2 Å². The van der Waals surface area contributed by atoms with Crippen LogP contribution in [0, 0.1) is 0 Å². The Balaban J connectivity index is 1.50. The van der Waals surface area contributed by atoms with Crippen molar-refractivity contribution in [2.75, 3.05) is 43.3 Å². The number of fused-ring (bicyclic) bond motifs is 6. The number of esters is 1. The number of para-hydroxylation sites is 3. The summed E-state index contributed by atoms with van der Waals surface area (Å²) in [5.74, 6) is 0.927. The van der Waals surface area contributed by atoms with E-state index in [1.807, 2.05) is 107 Å². The largest absolute Gasteiger partial charge is 0.456 e. The van der Waals surface area contributed by atoms with Crippen LogP contribution in [0.1, 0.15) is 27.0 Å². The third-order valence-corrected chi connectivity index (χ3v) is 9.30. The molecule has 2 aliphatic rings. The Bertz CT molecular complexity index is 2130. The van der Waals surface area contributed by atoms with Gasteiger partial charge in [-0.1, -0.05) is 78.9 Å². The van der Waals surface area contributed by atoms with Gasteiger partial charge in [-0.05, 0) is 71.3 Å². The number of anilines is 4. The van der Waals surface area contributed by atoms with Gasteiger partial charge in [-0.15, -0.1) is 0 Å². The molecule has 236 valence electrons. The second-order valence-corrected chi connectivity index (χ2v) is 12.6. The maximum Gasteiger partial charge on any atom is 0.340 e. The molecule has 2 aliphatic heterocycles. The van der Waals surface area contributed by atoms with Crippen LogP contribution in [0.5, 0.6) is 11.5 Å². The van der Waals surface area contributed by atoms with Crippen LogP contribution in [-0.2, 0) is 10.3 Å². The van der Waals surface area contributed by atoms with Crippen LogP contribution < -0.4 is 19.9 Å². The Hall–Kier alpha value is -6.01. The average molecular weight is 630 g/mol. The lowest BCUT2D eigenvalue weighted by molar-refractivity contribution is 0.0226. The van der Waals surface area contributed by atoms with Gasteiger partial charge >= 0.3 is 5.97 Å². The van der Waals surface area contributed by atoms with Crippen molar-refractivity contribution in [1.82, 2.24) is 0 Å². The first-order valence-corrected chi connectivity index (χ1v) is 16.0. The highest BCUT2D eigenvalue weighted by Crippen LogP contribution is 2.60. The van der Waals surface area contributed by atoms with E-state index in [2.05, 4.69) is 69.7 Å². The van der Waals surface area contributed by atoms with Crippen LogP contribution >= 0.6 is 0 Å². The summed E-state index contributed by atoms with van der Waals surface area (Å²) in [6, 6.07) is 44.7. The SMILES string of the molecule is CN(C)c1ccc(-c2cc(Nc3ccccc3)c3c(c2-c2ccc(N(C)C)cc2)C(=O)OC32c3ccccc3Oc3ccccc32)cc1. The zero-order valence-electron chi connectivity index (χ0n) is 27.3. The van der Waals surface area contributed by atoms with Gasteiger partial charge in [-0.3, -0.25) is 0 Å². The van der Waals surface area contributed by atoms with Gasteiger partial charge in [-0.25, -0.2) is 4.79 Å². The van der Waals surface area contributed by atoms with Crippen molar-refractivity contribution < 1.29 is 14.3 Å². The number of hydrogen-bond acceptors (Lipinski definition) is 6. The minimum Gasteiger partial charge on any atom is -0.456 e. The van der Waals surface area contributed by atoms with Crippen molar-refractivity contribution in [3.8, 4) is 33.8 Å². The third kappa shape index (κ3) is 4.60. The molecule has 6 nitrogen and oxygen atoms in total. The average Bonchev–Trinajstić information content (AvgIpc) is 3.42. The van der Waals surface area contributed by atoms with E-state index in [1.54, 1.807) is 0 Å². The summed E-state index contributed by atoms with van der Waals surface area (Å²) in [7, 11) is 8.11. The Morgan fingerprint density at radius 2 is 1.10 bits per heavy atom. The van der Waals surface area contributed by atoms with Crippen LogP contribution in [0.25, 0.3) is 22.3 Å². The molecule has 0 bridgehead atoms.